The SMILES string of the molecule is COC(=O)N[C@H](C(=O)N1C[C@@H](C)C[C@H]1c1ncc(-c2ccc(-c3ccc(-c4ccc5nc([C@@H]6C[C@H](C)CN6C(=O)[C@@H](NC(=O)O)C(C)C)[nH]c5c4)cc3)cc2)[nH]1)C(C)C. The maximum atomic E-state index is 13.7. The summed E-state index contributed by atoms with van der Waals surface area (Å²) in [4.78, 5) is 70.9. The van der Waals surface area contributed by atoms with Gasteiger partial charge in [-0.05, 0) is 76.5 Å². The van der Waals surface area contributed by atoms with Crippen molar-refractivity contribution in [2.45, 2.75) is 78.6 Å². The molecule has 59 heavy (non-hydrogen) atoms. The molecule has 5 aromatic rings. The summed E-state index contributed by atoms with van der Waals surface area (Å²) in [6.07, 6.45) is 1.47. The number of imidazole rings is 2. The Kier molecular flexibility index (Phi) is 11.8. The minimum atomic E-state index is -1.21. The molecule has 2 aromatic heterocycles. The van der Waals surface area contributed by atoms with Crippen molar-refractivity contribution >= 4 is 35.0 Å². The first-order valence-corrected chi connectivity index (χ1v) is 20.4. The molecule has 4 amide bonds. The number of alkyl carbamates (subject to hydrolysis) is 1. The molecule has 4 heterocycles. The van der Waals surface area contributed by atoms with E-state index in [0.29, 0.717) is 18.9 Å². The number of amides is 4. The minimum absolute atomic E-state index is 0.116. The lowest BCUT2D eigenvalue weighted by Gasteiger charge is -2.30. The highest BCUT2D eigenvalue weighted by molar-refractivity contribution is 5.88. The van der Waals surface area contributed by atoms with Crippen molar-refractivity contribution in [3.8, 4) is 33.5 Å². The number of carboxylic acid groups (broad SMARTS) is 1. The van der Waals surface area contributed by atoms with Crippen molar-refractivity contribution in [3.63, 3.8) is 0 Å². The fraction of sp³-hybridized carbons (Fsp3) is 0.422. The largest absolute Gasteiger partial charge is 0.465 e. The van der Waals surface area contributed by atoms with Crippen LogP contribution in [0.15, 0.2) is 72.9 Å². The molecule has 14 heteroatoms. The zero-order valence-corrected chi connectivity index (χ0v) is 34.7. The van der Waals surface area contributed by atoms with Gasteiger partial charge in [-0.3, -0.25) is 9.59 Å². The zero-order chi connectivity index (χ0) is 42.1. The molecule has 0 spiro atoms. The Bertz CT molecular complexity index is 2320. The van der Waals surface area contributed by atoms with Gasteiger partial charge < -0.3 is 40.2 Å². The monoisotopic (exact) mass is 802 g/mol. The fourth-order valence-corrected chi connectivity index (χ4v) is 8.52. The Morgan fingerprint density at radius 2 is 1.20 bits per heavy atom. The highest BCUT2D eigenvalue weighted by atomic mass is 16.5. The molecule has 0 bridgehead atoms. The Labute approximate surface area is 344 Å². The highest BCUT2D eigenvalue weighted by Gasteiger charge is 2.41. The number of hydrogen-bond acceptors (Lipinski definition) is 7. The second-order valence-corrected chi connectivity index (χ2v) is 16.9. The number of ether oxygens (including phenoxy) is 1. The number of fused-ring (bicyclic) bond motifs is 1. The Hall–Kier alpha value is -6.18. The Morgan fingerprint density at radius 1 is 0.712 bits per heavy atom. The number of H-pyrrole nitrogens is 2. The first-order chi connectivity index (χ1) is 28.2. The summed E-state index contributed by atoms with van der Waals surface area (Å²) in [6, 6.07) is 20.8. The fourth-order valence-electron chi connectivity index (χ4n) is 8.52. The molecule has 2 saturated heterocycles. The summed E-state index contributed by atoms with van der Waals surface area (Å²) >= 11 is 0. The average Bonchev–Trinajstić information content (AvgIpc) is 4.03. The summed E-state index contributed by atoms with van der Waals surface area (Å²) in [5.74, 6) is 1.26. The van der Waals surface area contributed by atoms with Crippen LogP contribution >= 0.6 is 0 Å². The predicted molar refractivity (Wildman–Crippen MR) is 225 cm³/mol. The van der Waals surface area contributed by atoms with Gasteiger partial charge >= 0.3 is 12.2 Å². The lowest BCUT2D eigenvalue weighted by molar-refractivity contribution is -0.136. The van der Waals surface area contributed by atoms with Crippen LogP contribution in [-0.2, 0) is 14.3 Å². The maximum absolute atomic E-state index is 13.7. The summed E-state index contributed by atoms with van der Waals surface area (Å²) in [5.41, 5.74) is 7.72. The lowest BCUT2D eigenvalue weighted by atomic mass is 9.99. The molecule has 0 saturated carbocycles. The van der Waals surface area contributed by atoms with E-state index >= 15 is 0 Å². The van der Waals surface area contributed by atoms with Crippen molar-refractivity contribution in [2.75, 3.05) is 20.2 Å². The topological polar surface area (TPSA) is 186 Å². The van der Waals surface area contributed by atoms with Gasteiger partial charge in [0.2, 0.25) is 11.8 Å². The van der Waals surface area contributed by atoms with E-state index in [9.17, 15) is 24.3 Å². The van der Waals surface area contributed by atoms with Crippen LogP contribution in [0.25, 0.3) is 44.5 Å². The van der Waals surface area contributed by atoms with Gasteiger partial charge in [0.05, 0.1) is 42.1 Å². The normalized spacial score (nSPS) is 20.3. The first kappa shape index (κ1) is 41.0. The first-order valence-electron chi connectivity index (χ1n) is 20.4. The second-order valence-electron chi connectivity index (χ2n) is 16.9. The standard InChI is InChI=1S/C45H54N8O6/c1-24(2)38(50-44(56)57)42(54)53-23-27(6)19-37(53)41-47-33-17-16-32(20-34(33)48-41)30-10-8-28(9-11-30)29-12-14-31(15-13-29)35-21-46-40(49-35)36-18-26(5)22-52(36)43(55)39(25(3)4)51-45(58)59-7/h8-17,20-21,24-27,36-39,50H,18-19,22-23H2,1-7H3,(H,46,49)(H,47,48)(H,51,58)(H,56,57)/t26-,27-,36-,37-,38-,39-/m0/s1. The van der Waals surface area contributed by atoms with Gasteiger partial charge in [0.25, 0.3) is 0 Å². The maximum Gasteiger partial charge on any atom is 0.407 e. The molecule has 2 fully saturated rings. The van der Waals surface area contributed by atoms with E-state index in [1.807, 2.05) is 50.9 Å². The van der Waals surface area contributed by atoms with Crippen molar-refractivity contribution in [1.29, 1.82) is 0 Å². The van der Waals surface area contributed by atoms with Crippen molar-refractivity contribution < 1.29 is 29.0 Å². The molecule has 0 radical (unpaired) electrons. The van der Waals surface area contributed by atoms with E-state index in [1.54, 1.807) is 4.90 Å². The van der Waals surface area contributed by atoms with Gasteiger partial charge in [-0.2, -0.15) is 0 Å². The number of nitrogens with zero attached hydrogens (tertiary/aromatic N) is 4. The molecular weight excluding hydrogens is 749 g/mol. The number of aromatic nitrogens is 4. The van der Waals surface area contributed by atoms with Gasteiger partial charge in [-0.15, -0.1) is 0 Å². The number of likely N-dealkylation sites (tertiary alicyclic amines) is 2. The van der Waals surface area contributed by atoms with E-state index in [0.717, 1.165) is 63.2 Å². The number of hydrogen-bond donors (Lipinski definition) is 5. The molecule has 7 rings (SSSR count). The van der Waals surface area contributed by atoms with E-state index in [1.165, 1.54) is 7.11 Å². The molecule has 0 unspecified atom stereocenters. The summed E-state index contributed by atoms with van der Waals surface area (Å²) in [5, 5.41) is 14.5. The van der Waals surface area contributed by atoms with Crippen LogP contribution in [0.5, 0.6) is 0 Å². The average molecular weight is 803 g/mol. The van der Waals surface area contributed by atoms with Crippen LogP contribution in [0.4, 0.5) is 9.59 Å². The van der Waals surface area contributed by atoms with Crippen LogP contribution in [0, 0.1) is 23.7 Å². The quantitative estimate of drug-likeness (QED) is 0.0896. The van der Waals surface area contributed by atoms with Crippen LogP contribution in [0.1, 0.15) is 78.1 Å². The van der Waals surface area contributed by atoms with E-state index in [2.05, 4.69) is 89.0 Å². The molecule has 2 aliphatic heterocycles. The molecular formula is C45H54N8O6. The van der Waals surface area contributed by atoms with Crippen LogP contribution in [0.2, 0.25) is 0 Å². The number of nitrogens with one attached hydrogen (secondary N) is 4. The van der Waals surface area contributed by atoms with Crippen LogP contribution in [-0.4, -0.2) is 91.1 Å². The third kappa shape index (κ3) is 8.67. The molecule has 14 nitrogen and oxygen atoms in total. The molecule has 3 aromatic carbocycles. The molecule has 0 aliphatic carbocycles. The van der Waals surface area contributed by atoms with E-state index < -0.39 is 24.3 Å². The van der Waals surface area contributed by atoms with Gasteiger partial charge in [-0.25, -0.2) is 19.6 Å². The predicted octanol–water partition coefficient (Wildman–Crippen LogP) is 7.78. The third-order valence-electron chi connectivity index (χ3n) is 11.7. The van der Waals surface area contributed by atoms with E-state index in [4.69, 9.17) is 14.7 Å². The summed E-state index contributed by atoms with van der Waals surface area (Å²) in [6.45, 7) is 12.8. The number of benzene rings is 3. The number of carbonyl (C=O) groups is 4. The van der Waals surface area contributed by atoms with Crippen LogP contribution in [0.3, 0.4) is 0 Å². The van der Waals surface area contributed by atoms with Crippen molar-refractivity contribution in [2.24, 2.45) is 23.7 Å². The summed E-state index contributed by atoms with van der Waals surface area (Å²) < 4.78 is 4.78. The van der Waals surface area contributed by atoms with Gasteiger partial charge in [0.1, 0.15) is 23.7 Å². The molecule has 5 N–H and O–H groups in total. The number of rotatable bonds is 11. The molecule has 2 aliphatic rings. The van der Waals surface area contributed by atoms with Gasteiger partial charge in [0, 0.05) is 13.1 Å². The van der Waals surface area contributed by atoms with Crippen molar-refractivity contribution in [3.05, 3.63) is 84.6 Å². The number of aromatic amines is 2. The number of methoxy groups -OCH3 is 1. The minimum Gasteiger partial charge on any atom is -0.465 e. The highest BCUT2D eigenvalue weighted by Crippen LogP contribution is 2.38. The molecule has 6 atom stereocenters. The van der Waals surface area contributed by atoms with Crippen molar-refractivity contribution in [1.82, 2.24) is 40.4 Å². The summed E-state index contributed by atoms with van der Waals surface area (Å²) in [7, 11) is 1.29. The van der Waals surface area contributed by atoms with E-state index in [-0.39, 0.29) is 47.6 Å². The smallest absolute Gasteiger partial charge is 0.407 e. The van der Waals surface area contributed by atoms with Crippen LogP contribution < -0.4 is 10.6 Å². The second kappa shape index (κ2) is 17.0. The molecule has 310 valence electrons. The Balaban J connectivity index is 1.04. The Morgan fingerprint density at radius 3 is 1.73 bits per heavy atom. The third-order valence-corrected chi connectivity index (χ3v) is 11.7. The van der Waals surface area contributed by atoms with Gasteiger partial charge in [-0.1, -0.05) is 96.1 Å². The lowest BCUT2D eigenvalue weighted by Crippen LogP contribution is -2.51. The van der Waals surface area contributed by atoms with Gasteiger partial charge in [0.15, 0.2) is 0 Å². The number of carbonyl (C=O) groups excluding carboxylic acids is 3. The zero-order valence-electron chi connectivity index (χ0n) is 34.7.